The normalized spacial score (nSPS) is 14.8. The Kier molecular flexibility index (Phi) is 6.93. The first kappa shape index (κ1) is 14.2. The summed E-state index contributed by atoms with van der Waals surface area (Å²) in [5.41, 5.74) is 0. The van der Waals surface area contributed by atoms with Gasteiger partial charge in [0.15, 0.2) is 0 Å². The van der Waals surface area contributed by atoms with E-state index in [4.69, 9.17) is 9.15 Å². The van der Waals surface area contributed by atoms with Crippen molar-refractivity contribution in [1.82, 2.24) is 5.32 Å². The molecule has 17 heavy (non-hydrogen) atoms. The van der Waals surface area contributed by atoms with Gasteiger partial charge in [0.25, 0.3) is 0 Å². The minimum Gasteiger partial charge on any atom is -0.468 e. The van der Waals surface area contributed by atoms with Crippen molar-refractivity contribution in [3.05, 3.63) is 24.2 Å². The van der Waals surface area contributed by atoms with Gasteiger partial charge in [-0.3, -0.25) is 0 Å². The van der Waals surface area contributed by atoms with E-state index in [1.807, 2.05) is 19.1 Å². The van der Waals surface area contributed by atoms with Gasteiger partial charge in [0.05, 0.1) is 25.0 Å². The molecule has 1 rings (SSSR count). The quantitative estimate of drug-likeness (QED) is 0.650. The third kappa shape index (κ3) is 5.86. The van der Waals surface area contributed by atoms with Crippen LogP contribution in [0, 0.1) is 0 Å². The minimum atomic E-state index is -0.468. The van der Waals surface area contributed by atoms with E-state index in [0.29, 0.717) is 13.2 Å². The highest BCUT2D eigenvalue weighted by Crippen LogP contribution is 2.11. The number of nitrogens with one attached hydrogen (secondary N) is 1. The van der Waals surface area contributed by atoms with E-state index in [9.17, 15) is 5.11 Å². The van der Waals surface area contributed by atoms with Gasteiger partial charge in [-0.1, -0.05) is 13.3 Å². The lowest BCUT2D eigenvalue weighted by molar-refractivity contribution is 0.0345. The van der Waals surface area contributed by atoms with Crippen LogP contribution < -0.4 is 5.32 Å². The fourth-order valence-corrected chi connectivity index (χ4v) is 1.48. The van der Waals surface area contributed by atoms with Crippen LogP contribution in [0.25, 0.3) is 0 Å². The van der Waals surface area contributed by atoms with Crippen molar-refractivity contribution in [2.45, 2.75) is 38.8 Å². The number of hydrogen-bond donors (Lipinski definition) is 2. The summed E-state index contributed by atoms with van der Waals surface area (Å²) < 4.78 is 10.6. The molecule has 1 heterocycles. The predicted octanol–water partition coefficient (Wildman–Crippen LogP) is 2.11. The summed E-state index contributed by atoms with van der Waals surface area (Å²) in [5.74, 6) is 0.879. The molecule has 0 radical (unpaired) electrons. The van der Waals surface area contributed by atoms with E-state index < -0.39 is 6.10 Å². The third-order valence-corrected chi connectivity index (χ3v) is 2.58. The summed E-state index contributed by atoms with van der Waals surface area (Å²) >= 11 is 0. The molecule has 98 valence electrons. The van der Waals surface area contributed by atoms with E-state index in [2.05, 4.69) is 12.2 Å². The molecule has 0 saturated heterocycles. The number of rotatable bonds is 9. The topological polar surface area (TPSA) is 54.6 Å². The Morgan fingerprint density at radius 3 is 3.00 bits per heavy atom. The average molecular weight is 241 g/mol. The van der Waals surface area contributed by atoms with Gasteiger partial charge in [0.2, 0.25) is 0 Å². The molecule has 2 unspecified atom stereocenters. The highest BCUT2D eigenvalue weighted by molar-refractivity contribution is 5.02. The maximum Gasteiger partial charge on any atom is 0.120 e. The molecule has 2 atom stereocenters. The van der Waals surface area contributed by atoms with Crippen LogP contribution in [-0.2, 0) is 4.74 Å². The van der Waals surface area contributed by atoms with E-state index in [0.717, 1.165) is 25.2 Å². The maximum absolute atomic E-state index is 9.68. The van der Waals surface area contributed by atoms with E-state index >= 15 is 0 Å². The van der Waals surface area contributed by atoms with Gasteiger partial charge in [-0.25, -0.2) is 0 Å². The molecule has 0 aromatic carbocycles. The molecule has 0 aliphatic rings. The van der Waals surface area contributed by atoms with Crippen LogP contribution in [-0.4, -0.2) is 31.0 Å². The van der Waals surface area contributed by atoms with Gasteiger partial charge in [0, 0.05) is 13.2 Å². The average Bonchev–Trinajstić information content (AvgIpc) is 2.85. The molecular weight excluding hydrogens is 218 g/mol. The summed E-state index contributed by atoms with van der Waals surface area (Å²) in [4.78, 5) is 0. The van der Waals surface area contributed by atoms with Gasteiger partial charge >= 0.3 is 0 Å². The monoisotopic (exact) mass is 241 g/mol. The fraction of sp³-hybridized carbons (Fsp3) is 0.692. The first-order chi connectivity index (χ1) is 8.24. The van der Waals surface area contributed by atoms with Gasteiger partial charge in [-0.2, -0.15) is 0 Å². The number of unbranched alkanes of at least 4 members (excludes halogenated alkanes) is 1. The summed E-state index contributed by atoms with van der Waals surface area (Å²) in [5, 5.41) is 12.9. The van der Waals surface area contributed by atoms with Crippen molar-refractivity contribution >= 4 is 0 Å². The first-order valence-electron chi connectivity index (χ1n) is 6.26. The van der Waals surface area contributed by atoms with Crippen molar-refractivity contribution < 1.29 is 14.3 Å². The Morgan fingerprint density at radius 1 is 1.53 bits per heavy atom. The van der Waals surface area contributed by atoms with Crippen molar-refractivity contribution in [3.8, 4) is 0 Å². The molecule has 0 bridgehead atoms. The largest absolute Gasteiger partial charge is 0.468 e. The minimum absolute atomic E-state index is 0.107. The summed E-state index contributed by atoms with van der Waals surface area (Å²) in [6, 6.07) is 3.88. The Balaban J connectivity index is 2.09. The molecule has 0 fully saturated rings. The van der Waals surface area contributed by atoms with Crippen molar-refractivity contribution in [1.29, 1.82) is 0 Å². The van der Waals surface area contributed by atoms with Crippen LogP contribution >= 0.6 is 0 Å². The summed E-state index contributed by atoms with van der Waals surface area (Å²) in [7, 11) is 0. The van der Waals surface area contributed by atoms with Gasteiger partial charge < -0.3 is 19.6 Å². The predicted molar refractivity (Wildman–Crippen MR) is 66.9 cm³/mol. The van der Waals surface area contributed by atoms with Crippen LogP contribution in [0.2, 0.25) is 0 Å². The second kappa shape index (κ2) is 8.28. The zero-order valence-corrected chi connectivity index (χ0v) is 10.7. The number of hydrogen-bond acceptors (Lipinski definition) is 4. The van der Waals surface area contributed by atoms with Gasteiger partial charge in [-0.05, 0) is 25.5 Å². The van der Waals surface area contributed by atoms with E-state index in [1.54, 1.807) is 6.26 Å². The molecule has 0 amide bonds. The number of aliphatic hydroxyl groups excluding tert-OH is 1. The molecule has 4 nitrogen and oxygen atoms in total. The Hall–Kier alpha value is -0.840. The van der Waals surface area contributed by atoms with Gasteiger partial charge in [0.1, 0.15) is 5.76 Å². The number of furan rings is 1. The summed E-state index contributed by atoms with van der Waals surface area (Å²) in [6.45, 7) is 5.74. The second-order valence-electron chi connectivity index (χ2n) is 4.23. The number of aliphatic hydroxyl groups is 1. The first-order valence-corrected chi connectivity index (χ1v) is 6.26. The highest BCUT2D eigenvalue weighted by atomic mass is 16.5. The van der Waals surface area contributed by atoms with Crippen LogP contribution in [0.5, 0.6) is 0 Å². The molecule has 4 heteroatoms. The second-order valence-corrected chi connectivity index (χ2v) is 4.23. The maximum atomic E-state index is 9.68. The number of ether oxygens (including phenoxy) is 1. The fourth-order valence-electron chi connectivity index (χ4n) is 1.48. The van der Waals surface area contributed by atoms with Gasteiger partial charge in [-0.15, -0.1) is 0 Å². The molecule has 1 aromatic heterocycles. The molecular formula is C13H23NO3. The van der Waals surface area contributed by atoms with Crippen LogP contribution in [0.1, 0.15) is 38.5 Å². The molecule has 0 saturated carbocycles. The molecule has 0 spiro atoms. The van der Waals surface area contributed by atoms with Crippen molar-refractivity contribution in [2.24, 2.45) is 0 Å². The van der Waals surface area contributed by atoms with Crippen molar-refractivity contribution in [2.75, 3.05) is 19.8 Å². The van der Waals surface area contributed by atoms with Crippen LogP contribution in [0.3, 0.4) is 0 Å². The lowest BCUT2D eigenvalue weighted by Gasteiger charge is -2.15. The zero-order valence-electron chi connectivity index (χ0n) is 10.7. The SMILES string of the molecule is CCCCOCC(O)CNC(C)c1ccco1. The van der Waals surface area contributed by atoms with E-state index in [1.165, 1.54) is 0 Å². The smallest absolute Gasteiger partial charge is 0.120 e. The van der Waals surface area contributed by atoms with Crippen molar-refractivity contribution in [3.63, 3.8) is 0 Å². The molecule has 2 N–H and O–H groups in total. The molecule has 0 aliphatic heterocycles. The lowest BCUT2D eigenvalue weighted by atomic mass is 10.2. The Bertz CT molecular complexity index is 274. The highest BCUT2D eigenvalue weighted by Gasteiger charge is 2.10. The zero-order chi connectivity index (χ0) is 12.5. The van der Waals surface area contributed by atoms with Crippen LogP contribution in [0.4, 0.5) is 0 Å². The standard InChI is InChI=1S/C13H23NO3/c1-3-4-7-16-10-12(15)9-14-11(2)13-6-5-8-17-13/h5-6,8,11-12,14-15H,3-4,7,9-10H2,1-2H3. The molecule has 1 aromatic rings. The Morgan fingerprint density at radius 2 is 2.35 bits per heavy atom. The lowest BCUT2D eigenvalue weighted by Crippen LogP contribution is -2.32. The Labute approximate surface area is 103 Å². The third-order valence-electron chi connectivity index (χ3n) is 2.58. The van der Waals surface area contributed by atoms with E-state index in [-0.39, 0.29) is 6.04 Å². The molecule has 0 aliphatic carbocycles. The van der Waals surface area contributed by atoms with Crippen LogP contribution in [0.15, 0.2) is 22.8 Å². The summed E-state index contributed by atoms with van der Waals surface area (Å²) in [6.07, 6.45) is 3.34.